The number of ether oxygens (including phenoxy) is 2. The van der Waals surface area contributed by atoms with Crippen LogP contribution in [0.1, 0.15) is 31.7 Å². The molecule has 1 atom stereocenters. The molecule has 6 heteroatoms. The van der Waals surface area contributed by atoms with E-state index in [0.717, 1.165) is 29.9 Å². The van der Waals surface area contributed by atoms with Gasteiger partial charge in [-0.25, -0.2) is 0 Å². The fraction of sp³-hybridized carbons (Fsp3) is 0.600. The van der Waals surface area contributed by atoms with E-state index in [-0.39, 0.29) is 11.9 Å². The molecule has 1 heterocycles. The minimum atomic E-state index is -0.685. The molecule has 0 aliphatic carbocycles. The van der Waals surface area contributed by atoms with Gasteiger partial charge in [-0.05, 0) is 50.1 Å². The van der Waals surface area contributed by atoms with Gasteiger partial charge in [-0.3, -0.25) is 9.59 Å². The molecule has 0 radical (unpaired) electrons. The summed E-state index contributed by atoms with van der Waals surface area (Å²) in [5.74, 6) is 1.49. The summed E-state index contributed by atoms with van der Waals surface area (Å²) in [6.07, 6.45) is 4.60. The number of thioether (sulfide) groups is 1. The summed E-state index contributed by atoms with van der Waals surface area (Å²) in [7, 11) is 1.63. The number of amides is 1. The number of likely N-dealkylation sites (tertiary alicyclic amines) is 1. The van der Waals surface area contributed by atoms with E-state index in [2.05, 4.69) is 0 Å². The Labute approximate surface area is 160 Å². The molecule has 0 saturated carbocycles. The molecule has 5 nitrogen and oxygen atoms in total. The van der Waals surface area contributed by atoms with Crippen molar-refractivity contribution in [1.29, 1.82) is 0 Å². The number of carbonyl (C=O) groups is 2. The number of rotatable bonds is 8. The van der Waals surface area contributed by atoms with E-state index in [4.69, 9.17) is 9.47 Å². The molecule has 2 rings (SSSR count). The second-order valence-corrected chi connectivity index (χ2v) is 7.68. The normalized spacial score (nSPS) is 19.9. The van der Waals surface area contributed by atoms with E-state index in [0.29, 0.717) is 32.5 Å². The largest absolute Gasteiger partial charge is 0.497 e. The molecule has 1 aromatic rings. The first-order valence-electron chi connectivity index (χ1n) is 9.11. The quantitative estimate of drug-likeness (QED) is 0.650. The van der Waals surface area contributed by atoms with Gasteiger partial charge >= 0.3 is 5.97 Å². The predicted octanol–water partition coefficient (Wildman–Crippen LogP) is 3.16. The predicted molar refractivity (Wildman–Crippen MR) is 105 cm³/mol. The maximum Gasteiger partial charge on any atom is 0.314 e. The van der Waals surface area contributed by atoms with Gasteiger partial charge in [0.15, 0.2) is 0 Å². The lowest BCUT2D eigenvalue weighted by atomic mass is 9.75. The number of carbonyl (C=O) groups excluding carboxylic acids is 2. The van der Waals surface area contributed by atoms with E-state index in [9.17, 15) is 9.59 Å². The minimum Gasteiger partial charge on any atom is -0.497 e. The first-order valence-corrected chi connectivity index (χ1v) is 10.5. The lowest BCUT2D eigenvalue weighted by Crippen LogP contribution is -2.51. The van der Waals surface area contributed by atoms with Gasteiger partial charge in [-0.15, -0.1) is 0 Å². The zero-order chi connectivity index (χ0) is 19.0. The molecule has 0 bridgehead atoms. The third kappa shape index (κ3) is 5.16. The highest BCUT2D eigenvalue weighted by Gasteiger charge is 2.44. The summed E-state index contributed by atoms with van der Waals surface area (Å²) >= 11 is 1.66. The standard InChI is InChI=1S/C20H29NO4S/c1-4-25-19(23)20(14-16-7-5-8-17(13-16)24-2)10-6-11-21(15-20)18(22)9-12-26-3/h5,7-8,13H,4,6,9-12,14-15H2,1-3H3/t20-/m0/s1. The van der Waals surface area contributed by atoms with Gasteiger partial charge in [0.1, 0.15) is 5.75 Å². The van der Waals surface area contributed by atoms with Crippen LogP contribution in [0.2, 0.25) is 0 Å². The third-order valence-corrected chi connectivity index (χ3v) is 5.45. The van der Waals surface area contributed by atoms with Crippen LogP contribution in [0.5, 0.6) is 5.75 Å². The van der Waals surface area contributed by atoms with E-state index >= 15 is 0 Å². The van der Waals surface area contributed by atoms with Crippen LogP contribution in [0.25, 0.3) is 0 Å². The van der Waals surface area contributed by atoms with E-state index in [1.54, 1.807) is 18.9 Å². The van der Waals surface area contributed by atoms with Crippen molar-refractivity contribution in [1.82, 2.24) is 4.90 Å². The van der Waals surface area contributed by atoms with Crippen molar-refractivity contribution in [2.24, 2.45) is 5.41 Å². The van der Waals surface area contributed by atoms with Crippen LogP contribution in [0, 0.1) is 5.41 Å². The van der Waals surface area contributed by atoms with Crippen molar-refractivity contribution in [3.63, 3.8) is 0 Å². The highest BCUT2D eigenvalue weighted by molar-refractivity contribution is 7.98. The van der Waals surface area contributed by atoms with Crippen molar-refractivity contribution in [2.45, 2.75) is 32.6 Å². The topological polar surface area (TPSA) is 55.8 Å². The average molecular weight is 380 g/mol. The van der Waals surface area contributed by atoms with Crippen LogP contribution in [-0.2, 0) is 20.7 Å². The lowest BCUT2D eigenvalue weighted by Gasteiger charge is -2.41. The van der Waals surface area contributed by atoms with Crippen LogP contribution >= 0.6 is 11.8 Å². The Morgan fingerprint density at radius 2 is 2.15 bits per heavy atom. The molecule has 0 aromatic heterocycles. The van der Waals surface area contributed by atoms with Gasteiger partial charge in [0.05, 0.1) is 19.1 Å². The highest BCUT2D eigenvalue weighted by atomic mass is 32.2. The maximum atomic E-state index is 12.9. The van der Waals surface area contributed by atoms with Gasteiger partial charge in [0, 0.05) is 25.3 Å². The molecule has 1 amide bonds. The molecule has 1 saturated heterocycles. The smallest absolute Gasteiger partial charge is 0.314 e. The van der Waals surface area contributed by atoms with Crippen molar-refractivity contribution < 1.29 is 19.1 Å². The molecule has 0 spiro atoms. The molecule has 144 valence electrons. The number of hydrogen-bond donors (Lipinski definition) is 0. The Hall–Kier alpha value is -1.69. The second kappa shape index (κ2) is 9.86. The third-order valence-electron chi connectivity index (χ3n) is 4.83. The molecule has 1 aliphatic heterocycles. The van der Waals surface area contributed by atoms with Crippen LogP contribution in [0.15, 0.2) is 24.3 Å². The van der Waals surface area contributed by atoms with Crippen molar-refractivity contribution in [3.8, 4) is 5.75 Å². The molecular weight excluding hydrogens is 350 g/mol. The molecule has 0 unspecified atom stereocenters. The number of nitrogens with zero attached hydrogens (tertiary/aromatic N) is 1. The van der Waals surface area contributed by atoms with Crippen LogP contribution < -0.4 is 4.74 Å². The van der Waals surface area contributed by atoms with Crippen LogP contribution in [0.4, 0.5) is 0 Å². The summed E-state index contributed by atoms with van der Waals surface area (Å²) in [5.41, 5.74) is 0.339. The zero-order valence-electron chi connectivity index (χ0n) is 16.0. The van der Waals surface area contributed by atoms with Gasteiger partial charge in [-0.2, -0.15) is 11.8 Å². The zero-order valence-corrected chi connectivity index (χ0v) is 16.8. The van der Waals surface area contributed by atoms with E-state index in [1.165, 1.54) is 0 Å². The molecule has 1 aliphatic rings. The first kappa shape index (κ1) is 20.6. The summed E-state index contributed by atoms with van der Waals surface area (Å²) < 4.78 is 10.7. The number of benzene rings is 1. The Bertz CT molecular complexity index is 622. The average Bonchev–Trinajstić information content (AvgIpc) is 2.66. The fourth-order valence-electron chi connectivity index (χ4n) is 3.53. The monoisotopic (exact) mass is 379 g/mol. The van der Waals surface area contributed by atoms with Crippen molar-refractivity contribution in [2.75, 3.05) is 38.8 Å². The second-order valence-electron chi connectivity index (χ2n) is 6.69. The van der Waals surface area contributed by atoms with E-state index in [1.807, 2.05) is 42.3 Å². The summed E-state index contributed by atoms with van der Waals surface area (Å²) in [5, 5.41) is 0. The Morgan fingerprint density at radius 1 is 1.35 bits per heavy atom. The minimum absolute atomic E-state index is 0.123. The SMILES string of the molecule is CCOC(=O)[C@]1(Cc2cccc(OC)c2)CCCN(C(=O)CCSC)C1. The summed E-state index contributed by atoms with van der Waals surface area (Å²) in [6.45, 7) is 3.31. The van der Waals surface area contributed by atoms with Gasteiger partial charge in [-0.1, -0.05) is 12.1 Å². The summed E-state index contributed by atoms with van der Waals surface area (Å²) in [4.78, 5) is 27.2. The van der Waals surface area contributed by atoms with Crippen LogP contribution in [0.3, 0.4) is 0 Å². The first-order chi connectivity index (χ1) is 12.5. The van der Waals surface area contributed by atoms with Crippen molar-refractivity contribution >= 4 is 23.6 Å². The number of hydrogen-bond acceptors (Lipinski definition) is 5. The van der Waals surface area contributed by atoms with Crippen molar-refractivity contribution in [3.05, 3.63) is 29.8 Å². The Balaban J connectivity index is 2.23. The number of methoxy groups -OCH3 is 1. The van der Waals surface area contributed by atoms with Gasteiger partial charge in [0.25, 0.3) is 0 Å². The maximum absolute atomic E-state index is 12.9. The Kier molecular flexibility index (Phi) is 7.82. The van der Waals surface area contributed by atoms with Crippen LogP contribution in [-0.4, -0.2) is 55.6 Å². The van der Waals surface area contributed by atoms with Gasteiger partial charge < -0.3 is 14.4 Å². The Morgan fingerprint density at radius 3 is 2.85 bits per heavy atom. The molecular formula is C20H29NO4S. The summed E-state index contributed by atoms with van der Waals surface area (Å²) in [6, 6.07) is 7.77. The molecule has 0 N–H and O–H groups in total. The van der Waals surface area contributed by atoms with Gasteiger partial charge in [0.2, 0.25) is 5.91 Å². The number of esters is 1. The molecule has 1 aromatic carbocycles. The fourth-order valence-corrected chi connectivity index (χ4v) is 3.91. The highest BCUT2D eigenvalue weighted by Crippen LogP contribution is 2.36. The lowest BCUT2D eigenvalue weighted by molar-refractivity contribution is -0.160. The molecule has 1 fully saturated rings. The van der Waals surface area contributed by atoms with E-state index < -0.39 is 5.41 Å². The molecule has 26 heavy (non-hydrogen) atoms. The number of piperidine rings is 1.